The average Bonchev–Trinajstić information content (AvgIpc) is 1.52. The molecule has 24 nitrogen and oxygen atoms in total. The molecule has 3 heterocycles. The van der Waals surface area contributed by atoms with Crippen molar-refractivity contribution in [2.45, 2.75) is 214 Å². The predicted octanol–water partition coefficient (Wildman–Crippen LogP) is 2.51. The molecule has 12 N–H and O–H groups in total. The van der Waals surface area contributed by atoms with Crippen LogP contribution in [0.5, 0.6) is 0 Å². The van der Waals surface area contributed by atoms with Gasteiger partial charge in [0.25, 0.3) is 0 Å². The third-order valence-corrected chi connectivity index (χ3v) is 17.4. The Balaban J connectivity index is 1.28. The first-order valence-corrected chi connectivity index (χ1v) is 30.6. The summed E-state index contributed by atoms with van der Waals surface area (Å²) in [6.07, 6.45) is 3.91. The molecular weight excluding hydrogens is 1160 g/mol. The smallest absolute Gasteiger partial charge is 0.410 e. The number of thiol groups is 1. The maximum absolute atomic E-state index is 13.1. The second-order valence-electron chi connectivity index (χ2n) is 24.0. The van der Waals surface area contributed by atoms with E-state index in [0.29, 0.717) is 25.7 Å². The Hall–Kier alpha value is -5.13. The van der Waals surface area contributed by atoms with Crippen molar-refractivity contribution in [1.29, 1.82) is 0 Å². The molecule has 2 bridgehead atoms. The van der Waals surface area contributed by atoms with Crippen molar-refractivity contribution in [3.8, 4) is 0 Å². The first-order valence-electron chi connectivity index (χ1n) is 30.1. The lowest BCUT2D eigenvalue weighted by Crippen LogP contribution is -2.61. The Bertz CT molecular complexity index is 2460. The molecule has 0 aromatic heterocycles. The van der Waals surface area contributed by atoms with Gasteiger partial charge in [-0.05, 0) is 70.1 Å². The molecule has 2 saturated carbocycles. The zero-order chi connectivity index (χ0) is 64.1. The number of aliphatic carboxylic acids is 1. The standard InChI is InChI=1S/C62H92N2O22S/c1-35-17-15-13-11-9-7-5-6-8-10-12-14-16-18-44(85-49-25-36(2)56(74)54(57(49)75)63-61(80)83-34-82-60(79)40-21-19-39(20-22-40)33-64-51(71)30-50(87)58(64)76)29-48-53(59(77)78)47(70)32-62(81,86-48)31-43(67)27-46(69)45(68)24-23-41(65)26-42(66)28-52(72)84-38(4)37(3)55(35)73/h5-18,35-50,53-57,65-70,73-75,81,87H,19-34H2,1-4H3,(H,63,80)(H,77,78)/b6-5+,9-7+,10-8+,13-11+,14-12+,17-15+,18-16+/t35-,36-,37-,38-,39?,40?,41+,42+,43-,44-,45+,46+,47-,48-,49+,50?,53+,54-,55+,56+,57+,62+/m0/s1. The molecule has 3 aliphatic heterocycles. The average molecular weight is 1250 g/mol. The molecule has 2 saturated heterocycles. The Kier molecular flexibility index (Phi) is 29.5. The van der Waals surface area contributed by atoms with E-state index < -0.39 is 183 Å². The number of ether oxygens (including phenoxy) is 5. The maximum Gasteiger partial charge on any atom is 0.410 e. The van der Waals surface area contributed by atoms with E-state index in [0.717, 1.165) is 0 Å². The largest absolute Gasteiger partial charge is 0.481 e. The molecule has 4 fully saturated rings. The Labute approximate surface area is 513 Å². The van der Waals surface area contributed by atoms with Crippen LogP contribution in [0.3, 0.4) is 0 Å². The zero-order valence-electron chi connectivity index (χ0n) is 49.8. The minimum absolute atomic E-state index is 0.00145. The summed E-state index contributed by atoms with van der Waals surface area (Å²) in [6, 6.07) is -1.41. The SMILES string of the molecule is C[C@@H]1[C@H](O)[C@@H](C)/C=C/C=C/C=C/C=C/C=C/C=C/C=C/[C@H](O[C@@H]2C[C@H](C)[C@@H](O)[C@H](NC(=O)OCOC(=O)C3CCC(CN4C(=O)CC(S)C4=O)CC3)[C@@H]2O)C[C@@H]2O[C@](O)(C[C@@H](O)C[C@@H](O)[C@H](O)CC[C@@H](O)C[C@@H](O)CC(=O)O[C@H]1C)C[C@H](O)[C@H]2C(=O)O. The van der Waals surface area contributed by atoms with Crippen molar-refractivity contribution in [1.82, 2.24) is 10.2 Å². The van der Waals surface area contributed by atoms with Crippen LogP contribution in [-0.4, -0.2) is 207 Å². The van der Waals surface area contributed by atoms with Gasteiger partial charge in [0.2, 0.25) is 18.6 Å². The molecule has 5 aliphatic rings. The van der Waals surface area contributed by atoms with Gasteiger partial charge in [-0.25, -0.2) is 4.79 Å². The molecule has 2 aliphatic carbocycles. The molecule has 87 heavy (non-hydrogen) atoms. The van der Waals surface area contributed by atoms with Gasteiger partial charge in [0.05, 0.1) is 90.8 Å². The quantitative estimate of drug-likeness (QED) is 0.0682. The van der Waals surface area contributed by atoms with E-state index in [-0.39, 0.29) is 62.3 Å². The molecule has 25 heteroatoms. The summed E-state index contributed by atoms with van der Waals surface area (Å²) in [7, 11) is 0. The number of aliphatic hydroxyl groups excluding tert-OH is 9. The number of likely N-dealkylation sites (tertiary alicyclic amines) is 1. The lowest BCUT2D eigenvalue weighted by molar-refractivity contribution is -0.301. The number of hydrogen-bond acceptors (Lipinski definition) is 22. The fourth-order valence-corrected chi connectivity index (χ4v) is 12.0. The molecular formula is C62H92N2O22S. The number of fused-ring (bicyclic) bond motifs is 2. The van der Waals surface area contributed by atoms with Crippen molar-refractivity contribution in [2.75, 3.05) is 13.3 Å². The second kappa shape index (κ2) is 35.3. The van der Waals surface area contributed by atoms with Gasteiger partial charge in [-0.3, -0.25) is 28.9 Å². The molecule has 0 aromatic carbocycles. The van der Waals surface area contributed by atoms with E-state index in [2.05, 4.69) is 17.9 Å². The molecule has 3 amide bonds. The number of hydrogen-bond donors (Lipinski definition) is 13. The summed E-state index contributed by atoms with van der Waals surface area (Å²) in [5.74, 6) is -9.52. The highest BCUT2D eigenvalue weighted by Crippen LogP contribution is 2.39. The summed E-state index contributed by atoms with van der Waals surface area (Å²) in [5.41, 5.74) is 0. The molecule has 1 unspecified atom stereocenters. The van der Waals surface area contributed by atoms with E-state index >= 15 is 0 Å². The highest BCUT2D eigenvalue weighted by molar-refractivity contribution is 7.81. The van der Waals surface area contributed by atoms with E-state index in [9.17, 15) is 84.9 Å². The number of carboxylic acids is 1. The van der Waals surface area contributed by atoms with Gasteiger partial charge in [0.1, 0.15) is 18.1 Å². The van der Waals surface area contributed by atoms with Crippen LogP contribution in [0.25, 0.3) is 0 Å². The predicted molar refractivity (Wildman–Crippen MR) is 316 cm³/mol. The van der Waals surface area contributed by atoms with Crippen LogP contribution in [0.4, 0.5) is 4.79 Å². The van der Waals surface area contributed by atoms with Crippen molar-refractivity contribution in [3.63, 3.8) is 0 Å². The van der Waals surface area contributed by atoms with Gasteiger partial charge in [0, 0.05) is 50.5 Å². The second-order valence-corrected chi connectivity index (χ2v) is 24.6. The number of alkyl carbamates (subject to hydrolysis) is 1. The maximum atomic E-state index is 13.1. The monoisotopic (exact) mass is 1250 g/mol. The number of carboxylic acid groups (broad SMARTS) is 1. The number of nitrogens with one attached hydrogen (secondary N) is 1. The number of esters is 2. The van der Waals surface area contributed by atoms with Gasteiger partial charge in [-0.1, -0.05) is 106 Å². The fraction of sp³-hybridized carbons (Fsp3) is 0.677. The van der Waals surface area contributed by atoms with Gasteiger partial charge in [-0.15, -0.1) is 0 Å². The van der Waals surface area contributed by atoms with E-state index in [1.54, 1.807) is 99.8 Å². The zero-order valence-corrected chi connectivity index (χ0v) is 50.7. The van der Waals surface area contributed by atoms with Gasteiger partial charge >= 0.3 is 24.0 Å². The molecule has 0 radical (unpaired) electrons. The molecule has 0 aromatic rings. The number of cyclic esters (lactones) is 1. The van der Waals surface area contributed by atoms with Crippen LogP contribution in [0.15, 0.2) is 85.1 Å². The van der Waals surface area contributed by atoms with E-state index in [1.165, 1.54) is 11.0 Å². The molecule has 488 valence electrons. The Morgan fingerprint density at radius 1 is 0.667 bits per heavy atom. The van der Waals surface area contributed by atoms with E-state index in [1.807, 2.05) is 6.92 Å². The van der Waals surface area contributed by atoms with Crippen molar-refractivity contribution >= 4 is 48.4 Å². The summed E-state index contributed by atoms with van der Waals surface area (Å²) >= 11 is 4.17. The lowest BCUT2D eigenvalue weighted by atomic mass is 9.80. The normalized spacial score (nSPS) is 41.4. The van der Waals surface area contributed by atoms with Crippen LogP contribution >= 0.6 is 12.6 Å². The number of amides is 3. The summed E-state index contributed by atoms with van der Waals surface area (Å²) in [4.78, 5) is 77.4. The number of nitrogens with zero attached hydrogens (tertiary/aromatic N) is 1. The third-order valence-electron chi connectivity index (χ3n) is 17.0. The number of carbonyl (C=O) groups excluding carboxylic acids is 5. The minimum atomic E-state index is -2.41. The highest BCUT2D eigenvalue weighted by Gasteiger charge is 2.51. The van der Waals surface area contributed by atoms with Crippen LogP contribution in [0, 0.1) is 35.5 Å². The van der Waals surface area contributed by atoms with Crippen LogP contribution in [0.2, 0.25) is 0 Å². The Morgan fingerprint density at radius 3 is 1.87 bits per heavy atom. The molecule has 20 atom stereocenters. The van der Waals surface area contributed by atoms with Crippen LogP contribution < -0.4 is 5.32 Å². The fourth-order valence-electron chi connectivity index (χ4n) is 11.7. The minimum Gasteiger partial charge on any atom is -0.481 e. The third kappa shape index (κ3) is 23.0. The van der Waals surface area contributed by atoms with Crippen molar-refractivity contribution in [2.24, 2.45) is 35.5 Å². The first kappa shape index (κ1) is 72.6. The van der Waals surface area contributed by atoms with Crippen LogP contribution in [0.1, 0.15) is 118 Å². The topological polar surface area (TPSA) is 386 Å². The summed E-state index contributed by atoms with van der Waals surface area (Å²) < 4.78 is 28.4. The number of imide groups is 1. The van der Waals surface area contributed by atoms with Crippen molar-refractivity contribution < 1.29 is 109 Å². The number of aliphatic hydroxyl groups is 10. The van der Waals surface area contributed by atoms with Gasteiger partial charge in [-0.2, -0.15) is 12.6 Å². The molecule has 0 spiro atoms. The number of carbonyl (C=O) groups is 6. The first-order chi connectivity index (χ1) is 41.2. The number of allylic oxidation sites excluding steroid dienone is 12. The van der Waals surface area contributed by atoms with Gasteiger partial charge in [0.15, 0.2) is 5.79 Å². The highest BCUT2D eigenvalue weighted by atomic mass is 32.1. The van der Waals surface area contributed by atoms with Gasteiger partial charge < -0.3 is 85.2 Å². The van der Waals surface area contributed by atoms with Crippen LogP contribution in [-0.2, 0) is 47.7 Å². The van der Waals surface area contributed by atoms with E-state index in [4.69, 9.17) is 23.7 Å². The lowest BCUT2D eigenvalue weighted by Gasteiger charge is -2.45. The Morgan fingerprint density at radius 2 is 1.28 bits per heavy atom. The molecule has 5 rings (SSSR count). The summed E-state index contributed by atoms with van der Waals surface area (Å²) in [5, 5.41) is 123. The summed E-state index contributed by atoms with van der Waals surface area (Å²) in [6.45, 7) is 6.26. The number of rotatable bonds is 9. The van der Waals surface area contributed by atoms with Crippen molar-refractivity contribution in [3.05, 3.63) is 85.1 Å².